The molecule has 2 fully saturated rings. The van der Waals surface area contributed by atoms with Crippen LogP contribution in [0.1, 0.15) is 25.0 Å². The molecule has 2 bridgehead atoms. The molecule has 1 aromatic carbocycles. The summed E-state index contributed by atoms with van der Waals surface area (Å²) in [6.45, 7) is 4.29. The van der Waals surface area contributed by atoms with E-state index < -0.39 is 0 Å². The molecule has 4 unspecified atom stereocenters. The predicted molar refractivity (Wildman–Crippen MR) is 84.7 cm³/mol. The van der Waals surface area contributed by atoms with Crippen molar-refractivity contribution in [3.05, 3.63) is 57.1 Å². The van der Waals surface area contributed by atoms with Crippen molar-refractivity contribution in [3.63, 3.8) is 0 Å². The van der Waals surface area contributed by atoms with Gasteiger partial charge in [-0.1, -0.05) is 34.1 Å². The number of fused-ring (bicyclic) bond motifs is 6. The van der Waals surface area contributed by atoms with Crippen molar-refractivity contribution in [1.82, 2.24) is 0 Å². The van der Waals surface area contributed by atoms with Gasteiger partial charge < -0.3 is 4.74 Å². The van der Waals surface area contributed by atoms with E-state index in [-0.39, 0.29) is 0 Å². The minimum atomic E-state index is 0.327. The van der Waals surface area contributed by atoms with Gasteiger partial charge in [0, 0.05) is 4.47 Å². The smallest absolute Gasteiger partial charge is 0.0868 e. The van der Waals surface area contributed by atoms with E-state index in [4.69, 9.17) is 4.74 Å². The predicted octanol–water partition coefficient (Wildman–Crippen LogP) is 4.45. The summed E-state index contributed by atoms with van der Waals surface area (Å²) in [5.41, 5.74) is 5.91. The van der Waals surface area contributed by atoms with Gasteiger partial charge in [-0.2, -0.15) is 0 Å². The standard InChI is InChI=1S/C18H19BrO/c1-3-13-14(4-2)18-16-9-11-7-12(19)6-5-10(11)8-15(16)17(13)20-18/h3-7,15-18H,8-9H2,1-2H3/b13-3+,14-4+. The van der Waals surface area contributed by atoms with E-state index in [2.05, 4.69) is 60.1 Å². The van der Waals surface area contributed by atoms with Crippen LogP contribution in [0.5, 0.6) is 0 Å². The number of ether oxygens (including phenoxy) is 1. The molecule has 3 aliphatic rings. The molecule has 2 aliphatic heterocycles. The lowest BCUT2D eigenvalue weighted by molar-refractivity contribution is 0.106. The first-order valence-corrected chi connectivity index (χ1v) is 8.27. The zero-order valence-electron chi connectivity index (χ0n) is 11.9. The fourth-order valence-corrected chi connectivity index (χ4v) is 4.82. The molecule has 104 valence electrons. The molecule has 2 heterocycles. The first-order chi connectivity index (χ1) is 9.72. The third-order valence-corrected chi connectivity index (χ3v) is 5.76. The van der Waals surface area contributed by atoms with Crippen LogP contribution in [0.25, 0.3) is 0 Å². The Morgan fingerprint density at radius 2 is 1.60 bits per heavy atom. The molecule has 2 heteroatoms. The van der Waals surface area contributed by atoms with Crippen molar-refractivity contribution in [2.45, 2.75) is 38.9 Å². The maximum Gasteiger partial charge on any atom is 0.0868 e. The maximum absolute atomic E-state index is 6.34. The maximum atomic E-state index is 6.34. The highest BCUT2D eigenvalue weighted by Gasteiger charge is 2.54. The molecule has 0 N–H and O–H groups in total. The van der Waals surface area contributed by atoms with Crippen LogP contribution in [0.2, 0.25) is 0 Å². The third kappa shape index (κ3) is 1.64. The Kier molecular flexibility index (Phi) is 2.94. The molecule has 1 aliphatic carbocycles. The molecule has 4 rings (SSSR count). The Balaban J connectivity index is 1.75. The fraction of sp³-hybridized carbons (Fsp3) is 0.444. The van der Waals surface area contributed by atoms with Crippen molar-refractivity contribution in [1.29, 1.82) is 0 Å². The van der Waals surface area contributed by atoms with Crippen molar-refractivity contribution in [3.8, 4) is 0 Å². The largest absolute Gasteiger partial charge is 0.365 e. The highest BCUT2D eigenvalue weighted by Crippen LogP contribution is 2.53. The Morgan fingerprint density at radius 1 is 1.00 bits per heavy atom. The minimum Gasteiger partial charge on any atom is -0.365 e. The van der Waals surface area contributed by atoms with Gasteiger partial charge in [0.05, 0.1) is 12.2 Å². The SMILES string of the molecule is C/C=C1\C(=C/C)C2OC1C1Cc3ccc(Br)cc3CC21. The Bertz CT molecular complexity index is 628. The normalized spacial score (nSPS) is 38.4. The molecule has 0 spiro atoms. The van der Waals surface area contributed by atoms with Gasteiger partial charge in [0.15, 0.2) is 0 Å². The minimum absolute atomic E-state index is 0.327. The van der Waals surface area contributed by atoms with Gasteiger partial charge >= 0.3 is 0 Å². The molecule has 1 aromatic rings. The molecule has 2 saturated heterocycles. The highest BCUT2D eigenvalue weighted by atomic mass is 79.9. The molecule has 4 atom stereocenters. The van der Waals surface area contributed by atoms with Crippen LogP contribution in [0, 0.1) is 11.8 Å². The van der Waals surface area contributed by atoms with Gasteiger partial charge in [-0.05, 0) is 72.9 Å². The second kappa shape index (κ2) is 4.57. The van der Waals surface area contributed by atoms with Gasteiger partial charge in [-0.15, -0.1) is 0 Å². The zero-order valence-corrected chi connectivity index (χ0v) is 13.5. The van der Waals surface area contributed by atoms with Gasteiger partial charge in [-0.3, -0.25) is 0 Å². The van der Waals surface area contributed by atoms with E-state index in [1.807, 2.05) is 0 Å². The number of allylic oxidation sites excluding steroid dienone is 2. The summed E-state index contributed by atoms with van der Waals surface area (Å²) in [7, 11) is 0. The molecule has 0 amide bonds. The van der Waals surface area contributed by atoms with E-state index >= 15 is 0 Å². The van der Waals surface area contributed by atoms with Crippen molar-refractivity contribution >= 4 is 15.9 Å². The topological polar surface area (TPSA) is 9.23 Å². The monoisotopic (exact) mass is 330 g/mol. The second-order valence-electron chi connectivity index (χ2n) is 6.11. The van der Waals surface area contributed by atoms with Crippen LogP contribution in [-0.4, -0.2) is 12.2 Å². The average molecular weight is 331 g/mol. The van der Waals surface area contributed by atoms with E-state index in [0.717, 1.165) is 6.42 Å². The zero-order chi connectivity index (χ0) is 13.9. The van der Waals surface area contributed by atoms with Crippen molar-refractivity contribution in [2.75, 3.05) is 0 Å². The van der Waals surface area contributed by atoms with Gasteiger partial charge in [-0.25, -0.2) is 0 Å². The van der Waals surface area contributed by atoms with E-state index in [1.165, 1.54) is 33.2 Å². The number of hydrogen-bond donors (Lipinski definition) is 0. The van der Waals surface area contributed by atoms with E-state index in [9.17, 15) is 0 Å². The molecular formula is C18H19BrO. The number of halogens is 1. The van der Waals surface area contributed by atoms with E-state index in [1.54, 1.807) is 0 Å². The van der Waals surface area contributed by atoms with Gasteiger partial charge in [0.25, 0.3) is 0 Å². The van der Waals surface area contributed by atoms with Gasteiger partial charge in [0.1, 0.15) is 0 Å². The Hall–Kier alpha value is -0.860. The van der Waals surface area contributed by atoms with Crippen LogP contribution >= 0.6 is 15.9 Å². The lowest BCUT2D eigenvalue weighted by Gasteiger charge is -2.36. The molecular weight excluding hydrogens is 312 g/mol. The molecule has 0 radical (unpaired) electrons. The molecule has 1 nitrogen and oxygen atoms in total. The number of hydrogen-bond acceptors (Lipinski definition) is 1. The molecule has 0 saturated carbocycles. The first kappa shape index (κ1) is 12.8. The summed E-state index contributed by atoms with van der Waals surface area (Å²) in [6, 6.07) is 6.75. The van der Waals surface area contributed by atoms with Crippen LogP contribution < -0.4 is 0 Å². The van der Waals surface area contributed by atoms with Crippen LogP contribution in [0.4, 0.5) is 0 Å². The quantitative estimate of drug-likeness (QED) is 0.682. The second-order valence-corrected chi connectivity index (χ2v) is 7.03. The number of benzene rings is 1. The number of rotatable bonds is 0. The molecule has 0 aromatic heterocycles. The first-order valence-electron chi connectivity index (χ1n) is 7.48. The van der Waals surface area contributed by atoms with Crippen LogP contribution in [0.3, 0.4) is 0 Å². The van der Waals surface area contributed by atoms with Crippen LogP contribution in [-0.2, 0) is 17.6 Å². The van der Waals surface area contributed by atoms with Gasteiger partial charge in [0.2, 0.25) is 0 Å². The fourth-order valence-electron chi connectivity index (χ4n) is 4.42. The van der Waals surface area contributed by atoms with Crippen LogP contribution in [0.15, 0.2) is 46.0 Å². The van der Waals surface area contributed by atoms with E-state index in [0.29, 0.717) is 24.0 Å². The summed E-state index contributed by atoms with van der Waals surface area (Å²) in [5, 5.41) is 0. The summed E-state index contributed by atoms with van der Waals surface area (Å²) in [6.07, 6.45) is 7.50. The lowest BCUT2D eigenvalue weighted by Crippen LogP contribution is -2.36. The summed E-state index contributed by atoms with van der Waals surface area (Å²) >= 11 is 3.60. The lowest BCUT2D eigenvalue weighted by atomic mass is 9.66. The van der Waals surface area contributed by atoms with Crippen molar-refractivity contribution < 1.29 is 4.74 Å². The average Bonchev–Trinajstić information content (AvgIpc) is 2.99. The highest BCUT2D eigenvalue weighted by molar-refractivity contribution is 9.10. The summed E-state index contributed by atoms with van der Waals surface area (Å²) < 4.78 is 7.53. The summed E-state index contributed by atoms with van der Waals surface area (Å²) in [4.78, 5) is 0. The third-order valence-electron chi connectivity index (χ3n) is 5.27. The Labute approximate surface area is 128 Å². The Morgan fingerprint density at radius 3 is 2.20 bits per heavy atom. The molecule has 20 heavy (non-hydrogen) atoms. The summed E-state index contributed by atoms with van der Waals surface area (Å²) in [5.74, 6) is 1.33. The van der Waals surface area contributed by atoms with Crippen molar-refractivity contribution in [2.24, 2.45) is 11.8 Å².